The third-order valence-electron chi connectivity index (χ3n) is 3.92. The summed E-state index contributed by atoms with van der Waals surface area (Å²) in [7, 11) is 0. The molecule has 0 spiro atoms. The SMILES string of the molecule is Cc1oc(CNC(=O)c2cccc(NC(=O)NC3CC3)c2)cc1C(=O)O. The molecule has 1 heterocycles. The molecular weight excluding hydrogens is 338 g/mol. The molecule has 3 rings (SSSR count). The molecule has 0 saturated heterocycles. The normalized spacial score (nSPS) is 13.1. The molecule has 8 heteroatoms. The van der Waals surface area contributed by atoms with Crippen LogP contribution in [0.4, 0.5) is 10.5 Å². The van der Waals surface area contributed by atoms with Gasteiger partial charge in [0.15, 0.2) is 0 Å². The van der Waals surface area contributed by atoms with Crippen LogP contribution < -0.4 is 16.0 Å². The van der Waals surface area contributed by atoms with Crippen LogP contribution >= 0.6 is 0 Å². The summed E-state index contributed by atoms with van der Waals surface area (Å²) in [5.74, 6) is -0.796. The Morgan fingerprint density at radius 3 is 2.65 bits per heavy atom. The molecule has 0 unspecified atom stereocenters. The van der Waals surface area contributed by atoms with Crippen molar-refractivity contribution in [2.24, 2.45) is 0 Å². The average Bonchev–Trinajstić information content (AvgIpc) is 3.32. The monoisotopic (exact) mass is 357 g/mol. The molecule has 0 bridgehead atoms. The van der Waals surface area contributed by atoms with Gasteiger partial charge in [-0.3, -0.25) is 4.79 Å². The van der Waals surface area contributed by atoms with Crippen molar-refractivity contribution in [2.75, 3.05) is 5.32 Å². The van der Waals surface area contributed by atoms with Crippen molar-refractivity contribution in [1.82, 2.24) is 10.6 Å². The van der Waals surface area contributed by atoms with Crippen LogP contribution in [0.2, 0.25) is 0 Å². The van der Waals surface area contributed by atoms with Gasteiger partial charge in [-0.15, -0.1) is 0 Å². The maximum absolute atomic E-state index is 12.3. The Labute approximate surface area is 149 Å². The highest BCUT2D eigenvalue weighted by molar-refractivity contribution is 5.97. The highest BCUT2D eigenvalue weighted by Crippen LogP contribution is 2.19. The molecule has 1 aromatic carbocycles. The number of carboxylic acid groups (broad SMARTS) is 1. The van der Waals surface area contributed by atoms with E-state index in [2.05, 4.69) is 16.0 Å². The molecule has 1 aliphatic rings. The van der Waals surface area contributed by atoms with Crippen LogP contribution in [0.5, 0.6) is 0 Å². The molecule has 136 valence electrons. The number of aromatic carboxylic acids is 1. The molecule has 8 nitrogen and oxygen atoms in total. The number of furan rings is 1. The zero-order valence-electron chi connectivity index (χ0n) is 14.2. The lowest BCUT2D eigenvalue weighted by Gasteiger charge is -2.08. The fourth-order valence-electron chi connectivity index (χ4n) is 2.43. The number of carbonyl (C=O) groups is 3. The molecular formula is C18H19N3O5. The van der Waals surface area contributed by atoms with Crippen LogP contribution in [0.1, 0.15) is 45.1 Å². The van der Waals surface area contributed by atoms with E-state index in [1.165, 1.54) is 6.07 Å². The Morgan fingerprint density at radius 1 is 1.23 bits per heavy atom. The smallest absolute Gasteiger partial charge is 0.339 e. The molecule has 3 amide bonds. The lowest BCUT2D eigenvalue weighted by Crippen LogP contribution is -2.30. The number of benzene rings is 1. The first-order valence-corrected chi connectivity index (χ1v) is 8.21. The summed E-state index contributed by atoms with van der Waals surface area (Å²) < 4.78 is 5.32. The van der Waals surface area contributed by atoms with Gasteiger partial charge < -0.3 is 25.5 Å². The first-order valence-electron chi connectivity index (χ1n) is 8.21. The van der Waals surface area contributed by atoms with Crippen LogP contribution in [0, 0.1) is 6.92 Å². The number of amides is 3. The van der Waals surface area contributed by atoms with Gasteiger partial charge in [0.1, 0.15) is 17.1 Å². The van der Waals surface area contributed by atoms with Crippen LogP contribution in [0.25, 0.3) is 0 Å². The molecule has 0 atom stereocenters. The lowest BCUT2D eigenvalue weighted by molar-refractivity contribution is 0.0694. The van der Waals surface area contributed by atoms with Crippen LogP contribution in [0.15, 0.2) is 34.7 Å². The molecule has 1 saturated carbocycles. The molecule has 0 aliphatic heterocycles. The van der Waals surface area contributed by atoms with E-state index in [0.29, 0.717) is 17.0 Å². The predicted molar refractivity (Wildman–Crippen MR) is 93.2 cm³/mol. The van der Waals surface area contributed by atoms with Crippen molar-refractivity contribution in [2.45, 2.75) is 32.4 Å². The third-order valence-corrected chi connectivity index (χ3v) is 3.92. The van der Waals surface area contributed by atoms with Gasteiger partial charge in [0.05, 0.1) is 6.54 Å². The van der Waals surface area contributed by atoms with Gasteiger partial charge in [-0.2, -0.15) is 0 Å². The number of carboxylic acids is 1. The number of aryl methyl sites for hydroxylation is 1. The maximum atomic E-state index is 12.3. The second-order valence-electron chi connectivity index (χ2n) is 6.12. The van der Waals surface area contributed by atoms with Gasteiger partial charge in [0.25, 0.3) is 5.91 Å². The fraction of sp³-hybridized carbons (Fsp3) is 0.278. The highest BCUT2D eigenvalue weighted by atomic mass is 16.4. The summed E-state index contributed by atoms with van der Waals surface area (Å²) >= 11 is 0. The average molecular weight is 357 g/mol. The van der Waals surface area contributed by atoms with Crippen LogP contribution in [-0.2, 0) is 6.54 Å². The van der Waals surface area contributed by atoms with E-state index in [1.54, 1.807) is 31.2 Å². The number of hydrogen-bond acceptors (Lipinski definition) is 4. The molecule has 26 heavy (non-hydrogen) atoms. The predicted octanol–water partition coefficient (Wildman–Crippen LogP) is 2.50. The number of hydrogen-bond donors (Lipinski definition) is 4. The molecule has 0 radical (unpaired) electrons. The van der Waals surface area contributed by atoms with E-state index >= 15 is 0 Å². The first kappa shape index (κ1) is 17.5. The largest absolute Gasteiger partial charge is 0.478 e. The van der Waals surface area contributed by atoms with E-state index in [9.17, 15) is 14.4 Å². The maximum Gasteiger partial charge on any atom is 0.339 e. The lowest BCUT2D eigenvalue weighted by atomic mass is 10.2. The van der Waals surface area contributed by atoms with Crippen molar-refractivity contribution >= 4 is 23.6 Å². The van der Waals surface area contributed by atoms with Gasteiger partial charge in [0.2, 0.25) is 0 Å². The summed E-state index contributed by atoms with van der Waals surface area (Å²) in [4.78, 5) is 35.0. The quantitative estimate of drug-likeness (QED) is 0.633. The standard InChI is InChI=1S/C18H19N3O5/c1-10-15(17(23)24)8-14(26-10)9-19-16(22)11-3-2-4-13(7-11)21-18(25)20-12-5-6-12/h2-4,7-8,12H,5-6,9H2,1H3,(H,19,22)(H,23,24)(H2,20,21,25). The van der Waals surface area contributed by atoms with E-state index in [-0.39, 0.29) is 35.8 Å². The number of urea groups is 1. The molecule has 1 aliphatic carbocycles. The topological polar surface area (TPSA) is 121 Å². The molecule has 1 fully saturated rings. The van der Waals surface area contributed by atoms with E-state index < -0.39 is 5.97 Å². The Balaban J connectivity index is 1.58. The van der Waals surface area contributed by atoms with Crippen molar-refractivity contribution in [1.29, 1.82) is 0 Å². The summed E-state index contributed by atoms with van der Waals surface area (Å²) in [5.41, 5.74) is 0.955. The zero-order chi connectivity index (χ0) is 18.7. The first-order chi connectivity index (χ1) is 12.4. The number of anilines is 1. The molecule has 4 N–H and O–H groups in total. The van der Waals surface area contributed by atoms with Crippen molar-refractivity contribution < 1.29 is 23.9 Å². The Hall–Kier alpha value is -3.29. The van der Waals surface area contributed by atoms with Gasteiger partial charge in [0, 0.05) is 17.3 Å². The Bertz CT molecular complexity index is 854. The minimum Gasteiger partial charge on any atom is -0.478 e. The van der Waals surface area contributed by atoms with Gasteiger partial charge in [-0.25, -0.2) is 9.59 Å². The second kappa shape index (κ2) is 7.30. The zero-order valence-corrected chi connectivity index (χ0v) is 14.2. The fourth-order valence-corrected chi connectivity index (χ4v) is 2.43. The summed E-state index contributed by atoms with van der Waals surface area (Å²) in [6.45, 7) is 1.61. The summed E-state index contributed by atoms with van der Waals surface area (Å²) in [5, 5.41) is 17.2. The molecule has 2 aromatic rings. The number of rotatable bonds is 6. The van der Waals surface area contributed by atoms with Crippen molar-refractivity contribution in [3.63, 3.8) is 0 Å². The number of nitrogens with one attached hydrogen (secondary N) is 3. The second-order valence-corrected chi connectivity index (χ2v) is 6.12. The minimum absolute atomic E-state index is 0.0623. The third kappa shape index (κ3) is 4.41. The van der Waals surface area contributed by atoms with Crippen LogP contribution in [0.3, 0.4) is 0 Å². The van der Waals surface area contributed by atoms with Gasteiger partial charge in [-0.05, 0) is 44.0 Å². The molecule has 1 aromatic heterocycles. The minimum atomic E-state index is -1.08. The van der Waals surface area contributed by atoms with Crippen molar-refractivity contribution in [3.8, 4) is 0 Å². The van der Waals surface area contributed by atoms with E-state index in [1.807, 2.05) is 0 Å². The Kier molecular flexibility index (Phi) is 4.92. The number of carbonyl (C=O) groups excluding carboxylic acids is 2. The Morgan fingerprint density at radius 2 is 2.00 bits per heavy atom. The van der Waals surface area contributed by atoms with Crippen LogP contribution in [-0.4, -0.2) is 29.1 Å². The summed E-state index contributed by atoms with van der Waals surface area (Å²) in [6, 6.07) is 7.89. The van der Waals surface area contributed by atoms with E-state index in [0.717, 1.165) is 12.8 Å². The van der Waals surface area contributed by atoms with Gasteiger partial charge in [-0.1, -0.05) is 6.07 Å². The van der Waals surface area contributed by atoms with Gasteiger partial charge >= 0.3 is 12.0 Å². The van der Waals surface area contributed by atoms with E-state index in [4.69, 9.17) is 9.52 Å². The summed E-state index contributed by atoms with van der Waals surface area (Å²) in [6.07, 6.45) is 1.98. The highest BCUT2D eigenvalue weighted by Gasteiger charge is 2.23. The van der Waals surface area contributed by atoms with Crippen molar-refractivity contribution in [3.05, 3.63) is 53.0 Å².